The molecule has 0 aliphatic rings. The second-order valence-corrected chi connectivity index (χ2v) is 7.62. The summed E-state index contributed by atoms with van der Waals surface area (Å²) in [6, 6.07) is 9.74. The van der Waals surface area contributed by atoms with Gasteiger partial charge in [0.1, 0.15) is 11.6 Å². The molecule has 9 heteroatoms. The summed E-state index contributed by atoms with van der Waals surface area (Å²) in [7, 11) is -3.91. The van der Waals surface area contributed by atoms with Gasteiger partial charge in [0.25, 0.3) is 5.91 Å². The Balaban J connectivity index is 1.90. The van der Waals surface area contributed by atoms with Gasteiger partial charge in [0.2, 0.25) is 10.0 Å². The molecule has 0 spiro atoms. The first-order chi connectivity index (χ1) is 12.6. The van der Waals surface area contributed by atoms with Crippen molar-refractivity contribution in [2.24, 2.45) is 0 Å². The third kappa shape index (κ3) is 4.37. The van der Waals surface area contributed by atoms with Crippen LogP contribution in [-0.2, 0) is 10.0 Å². The van der Waals surface area contributed by atoms with E-state index in [-0.39, 0.29) is 5.75 Å². The number of pyridine rings is 1. The van der Waals surface area contributed by atoms with Crippen molar-refractivity contribution < 1.29 is 26.7 Å². The highest BCUT2D eigenvalue weighted by Crippen LogP contribution is 2.29. The Bertz CT molecular complexity index is 1160. The van der Waals surface area contributed by atoms with Gasteiger partial charge < -0.3 is 4.74 Å². The van der Waals surface area contributed by atoms with Crippen molar-refractivity contribution in [2.75, 3.05) is 6.26 Å². The maximum Gasteiger partial charge on any atom is 0.267 e. The molecule has 1 amide bonds. The molecule has 3 rings (SSSR count). The van der Waals surface area contributed by atoms with E-state index in [0.717, 1.165) is 22.9 Å². The van der Waals surface area contributed by atoms with Crippen molar-refractivity contribution in [3.05, 3.63) is 65.4 Å². The van der Waals surface area contributed by atoms with E-state index in [0.29, 0.717) is 12.1 Å². The number of hydrogen-bond acceptors (Lipinski definition) is 5. The number of aryl methyl sites for hydroxylation is 1. The maximum absolute atomic E-state index is 14.2. The van der Waals surface area contributed by atoms with E-state index in [9.17, 15) is 22.0 Å². The molecule has 0 saturated carbocycles. The smallest absolute Gasteiger partial charge is 0.267 e. The topological polar surface area (TPSA) is 85.4 Å². The SMILES string of the molecule is Cc1ccc2cc(Oc3cc(F)c(C(=O)NS(C)(=O)=O)cc3F)ccc2n1. The van der Waals surface area contributed by atoms with Crippen LogP contribution in [0.25, 0.3) is 10.9 Å². The van der Waals surface area contributed by atoms with Crippen LogP contribution >= 0.6 is 0 Å². The molecule has 0 radical (unpaired) electrons. The molecule has 2 aromatic carbocycles. The monoisotopic (exact) mass is 392 g/mol. The van der Waals surface area contributed by atoms with Gasteiger partial charge in [0, 0.05) is 17.1 Å². The lowest BCUT2D eigenvalue weighted by atomic mass is 10.1. The third-order valence-electron chi connectivity index (χ3n) is 3.57. The van der Waals surface area contributed by atoms with Crippen LogP contribution in [0.2, 0.25) is 0 Å². The maximum atomic E-state index is 14.2. The van der Waals surface area contributed by atoms with Crippen molar-refractivity contribution in [1.82, 2.24) is 9.71 Å². The molecule has 0 unspecified atom stereocenters. The Morgan fingerprint density at radius 3 is 2.52 bits per heavy atom. The fraction of sp³-hybridized carbons (Fsp3) is 0.111. The minimum atomic E-state index is -3.91. The molecule has 0 aliphatic heterocycles. The number of sulfonamides is 1. The number of nitrogens with one attached hydrogen (secondary N) is 1. The summed E-state index contributed by atoms with van der Waals surface area (Å²) in [6.07, 6.45) is 0.729. The predicted molar refractivity (Wildman–Crippen MR) is 95.2 cm³/mol. The highest BCUT2D eigenvalue weighted by Gasteiger charge is 2.20. The quantitative estimate of drug-likeness (QED) is 0.736. The summed E-state index contributed by atoms with van der Waals surface area (Å²) in [5, 5.41) is 0.753. The molecular weight excluding hydrogens is 378 g/mol. The molecular formula is C18H14F2N2O4S. The zero-order valence-electron chi connectivity index (χ0n) is 14.3. The number of halogens is 2. The van der Waals surface area contributed by atoms with Crippen LogP contribution < -0.4 is 9.46 Å². The van der Waals surface area contributed by atoms with Gasteiger partial charge in [-0.15, -0.1) is 0 Å². The number of carbonyl (C=O) groups excluding carboxylic acids is 1. The summed E-state index contributed by atoms with van der Waals surface area (Å²) in [5.74, 6) is -3.60. The van der Waals surface area contributed by atoms with E-state index in [1.54, 1.807) is 22.9 Å². The summed E-state index contributed by atoms with van der Waals surface area (Å²) in [4.78, 5) is 16.1. The van der Waals surface area contributed by atoms with Crippen molar-refractivity contribution in [2.45, 2.75) is 6.92 Å². The Kier molecular flexibility index (Phi) is 4.79. The number of fused-ring (bicyclic) bond motifs is 1. The van der Waals surface area contributed by atoms with Crippen molar-refractivity contribution >= 4 is 26.8 Å². The Morgan fingerprint density at radius 1 is 1.07 bits per heavy atom. The molecule has 0 bridgehead atoms. The summed E-state index contributed by atoms with van der Waals surface area (Å²) < 4.78 is 57.5. The van der Waals surface area contributed by atoms with Gasteiger partial charge in [-0.3, -0.25) is 9.78 Å². The lowest BCUT2D eigenvalue weighted by molar-refractivity contribution is 0.0977. The Morgan fingerprint density at radius 2 is 1.81 bits per heavy atom. The first kappa shape index (κ1) is 18.7. The zero-order chi connectivity index (χ0) is 19.8. The molecule has 1 heterocycles. The number of benzene rings is 2. The fourth-order valence-electron chi connectivity index (χ4n) is 2.40. The second kappa shape index (κ2) is 6.92. The average Bonchev–Trinajstić information content (AvgIpc) is 2.56. The molecule has 0 fully saturated rings. The van der Waals surface area contributed by atoms with Crippen LogP contribution in [0.4, 0.5) is 8.78 Å². The lowest BCUT2D eigenvalue weighted by Crippen LogP contribution is -2.30. The molecule has 1 aromatic heterocycles. The number of hydrogen-bond donors (Lipinski definition) is 1. The van der Waals surface area contributed by atoms with Gasteiger partial charge in [0.15, 0.2) is 11.6 Å². The molecule has 0 aliphatic carbocycles. The molecule has 3 aromatic rings. The van der Waals surface area contributed by atoms with Crippen molar-refractivity contribution in [1.29, 1.82) is 0 Å². The predicted octanol–water partition coefficient (Wildman–Crippen LogP) is 3.30. The molecule has 6 nitrogen and oxygen atoms in total. The van der Waals surface area contributed by atoms with E-state index in [1.165, 1.54) is 0 Å². The number of amides is 1. The highest BCUT2D eigenvalue weighted by atomic mass is 32.2. The van der Waals surface area contributed by atoms with Crippen molar-refractivity contribution in [3.63, 3.8) is 0 Å². The number of rotatable bonds is 4. The van der Waals surface area contributed by atoms with Gasteiger partial charge in [-0.1, -0.05) is 6.07 Å². The van der Waals surface area contributed by atoms with Crippen LogP contribution in [0.3, 0.4) is 0 Å². The zero-order valence-corrected chi connectivity index (χ0v) is 15.1. The van der Waals surface area contributed by atoms with Gasteiger partial charge in [-0.25, -0.2) is 21.9 Å². The molecule has 1 N–H and O–H groups in total. The van der Waals surface area contributed by atoms with Crippen LogP contribution in [-0.4, -0.2) is 25.6 Å². The van der Waals surface area contributed by atoms with Gasteiger partial charge in [-0.2, -0.15) is 0 Å². The molecule has 140 valence electrons. The van der Waals surface area contributed by atoms with Gasteiger partial charge in [0.05, 0.1) is 17.3 Å². The third-order valence-corrected chi connectivity index (χ3v) is 4.13. The number of aromatic nitrogens is 1. The van der Waals surface area contributed by atoms with E-state index in [1.807, 2.05) is 19.1 Å². The average molecular weight is 392 g/mol. The Hall–Kier alpha value is -3.07. The molecule has 27 heavy (non-hydrogen) atoms. The second-order valence-electron chi connectivity index (χ2n) is 5.88. The van der Waals surface area contributed by atoms with E-state index in [4.69, 9.17) is 4.74 Å². The minimum absolute atomic E-state index is 0.250. The van der Waals surface area contributed by atoms with E-state index >= 15 is 0 Å². The number of ether oxygens (including phenoxy) is 1. The minimum Gasteiger partial charge on any atom is -0.454 e. The normalized spacial score (nSPS) is 11.4. The summed E-state index contributed by atoms with van der Waals surface area (Å²) >= 11 is 0. The van der Waals surface area contributed by atoms with Crippen molar-refractivity contribution in [3.8, 4) is 11.5 Å². The fourth-order valence-corrected chi connectivity index (χ4v) is 2.85. The molecule has 0 atom stereocenters. The lowest BCUT2D eigenvalue weighted by Gasteiger charge is -2.10. The van der Waals surface area contributed by atoms with Crippen LogP contribution in [0.1, 0.15) is 16.1 Å². The Labute approximate surface area is 153 Å². The van der Waals surface area contributed by atoms with Gasteiger partial charge in [-0.05, 0) is 37.3 Å². The van der Waals surface area contributed by atoms with Gasteiger partial charge >= 0.3 is 0 Å². The summed E-state index contributed by atoms with van der Waals surface area (Å²) in [5.41, 5.74) is 0.817. The first-order valence-electron chi connectivity index (χ1n) is 7.69. The number of nitrogens with zero attached hydrogens (tertiary/aromatic N) is 1. The first-order valence-corrected chi connectivity index (χ1v) is 9.58. The standard InChI is InChI=1S/C18H14F2N2O4S/c1-10-3-4-11-7-12(5-6-16(11)21-10)26-17-9-14(19)13(8-15(17)20)18(23)22-27(2,24)25/h3-9H,1-2H3,(H,22,23). The highest BCUT2D eigenvalue weighted by molar-refractivity contribution is 7.89. The van der Waals surface area contributed by atoms with E-state index < -0.39 is 38.9 Å². The van der Waals surface area contributed by atoms with Crippen LogP contribution in [0, 0.1) is 18.6 Å². The number of carbonyl (C=O) groups is 1. The van der Waals surface area contributed by atoms with E-state index in [2.05, 4.69) is 4.98 Å². The largest absolute Gasteiger partial charge is 0.454 e. The summed E-state index contributed by atoms with van der Waals surface area (Å²) in [6.45, 7) is 1.85. The molecule has 0 saturated heterocycles. The van der Waals surface area contributed by atoms with Crippen LogP contribution in [0.15, 0.2) is 42.5 Å². The van der Waals surface area contributed by atoms with Crippen LogP contribution in [0.5, 0.6) is 11.5 Å².